The van der Waals surface area contributed by atoms with Crippen molar-refractivity contribution < 1.29 is 19.5 Å². The molecule has 180 valence electrons. The quantitative estimate of drug-likeness (QED) is 0.403. The Hall–Kier alpha value is -3.61. The Kier molecular flexibility index (Phi) is 8.46. The molecule has 3 N–H and O–H groups in total. The predicted molar refractivity (Wildman–Crippen MR) is 132 cm³/mol. The maximum absolute atomic E-state index is 13.4. The molecule has 2 aromatic carbocycles. The number of carbonyl (C=O) groups is 3. The Morgan fingerprint density at radius 2 is 1.71 bits per heavy atom. The highest BCUT2D eigenvalue weighted by molar-refractivity contribution is 5.91. The zero-order valence-electron chi connectivity index (χ0n) is 20.0. The average molecular weight is 464 g/mol. The summed E-state index contributed by atoms with van der Waals surface area (Å²) in [6, 6.07) is 15.1. The SMILES string of the molecule is CCC(C)CC(=O)N(C)[C@@H](Cc1ccccc1)C(=O)N[C@@H](Cc1c[nH]c2ccccc12)C(=O)O. The van der Waals surface area contributed by atoms with Gasteiger partial charge in [-0.05, 0) is 23.1 Å². The highest BCUT2D eigenvalue weighted by Gasteiger charge is 2.31. The molecule has 7 heteroatoms. The van der Waals surface area contributed by atoms with Crippen LogP contribution in [-0.4, -0.2) is 51.9 Å². The van der Waals surface area contributed by atoms with Crippen molar-refractivity contribution in [1.29, 1.82) is 0 Å². The van der Waals surface area contributed by atoms with Crippen molar-refractivity contribution >= 4 is 28.7 Å². The van der Waals surface area contributed by atoms with Crippen molar-refractivity contribution in [2.45, 2.75) is 51.6 Å². The molecule has 1 aromatic heterocycles. The lowest BCUT2D eigenvalue weighted by Crippen LogP contribution is -2.53. The van der Waals surface area contributed by atoms with Gasteiger partial charge >= 0.3 is 5.97 Å². The number of aromatic nitrogens is 1. The molecule has 0 saturated carbocycles. The van der Waals surface area contributed by atoms with Crippen molar-refractivity contribution in [2.75, 3.05) is 7.05 Å². The first kappa shape index (κ1) is 25.0. The second kappa shape index (κ2) is 11.5. The molecule has 0 aliphatic carbocycles. The maximum atomic E-state index is 13.4. The number of carboxylic acids is 1. The normalized spacial score (nSPS) is 13.7. The fraction of sp³-hybridized carbons (Fsp3) is 0.370. The number of carboxylic acid groups (broad SMARTS) is 1. The first-order chi connectivity index (χ1) is 16.3. The highest BCUT2D eigenvalue weighted by Crippen LogP contribution is 2.20. The molecule has 3 aromatic rings. The van der Waals surface area contributed by atoms with Crippen LogP contribution in [0.15, 0.2) is 60.8 Å². The summed E-state index contributed by atoms with van der Waals surface area (Å²) in [5.41, 5.74) is 2.61. The van der Waals surface area contributed by atoms with E-state index in [1.165, 1.54) is 4.90 Å². The molecule has 0 bridgehead atoms. The number of nitrogens with zero attached hydrogens (tertiary/aromatic N) is 1. The minimum atomic E-state index is -1.12. The molecule has 7 nitrogen and oxygen atoms in total. The van der Waals surface area contributed by atoms with Crippen molar-refractivity contribution in [1.82, 2.24) is 15.2 Å². The first-order valence-corrected chi connectivity index (χ1v) is 11.7. The zero-order valence-corrected chi connectivity index (χ0v) is 20.0. The summed E-state index contributed by atoms with van der Waals surface area (Å²) < 4.78 is 0. The number of aliphatic carboxylic acids is 1. The van der Waals surface area contributed by atoms with E-state index in [0.29, 0.717) is 12.8 Å². The van der Waals surface area contributed by atoms with E-state index in [4.69, 9.17) is 0 Å². The number of nitrogens with one attached hydrogen (secondary N) is 2. The van der Waals surface area contributed by atoms with Crippen molar-refractivity contribution in [3.63, 3.8) is 0 Å². The Morgan fingerprint density at radius 1 is 1.03 bits per heavy atom. The van der Waals surface area contributed by atoms with Crippen molar-refractivity contribution in [3.05, 3.63) is 71.9 Å². The Bertz CT molecular complexity index is 1130. The molecule has 0 spiro atoms. The van der Waals surface area contributed by atoms with E-state index in [1.807, 2.05) is 68.4 Å². The summed E-state index contributed by atoms with van der Waals surface area (Å²) in [6.07, 6.45) is 3.41. The average Bonchev–Trinajstić information content (AvgIpc) is 3.24. The zero-order chi connectivity index (χ0) is 24.7. The molecular formula is C27H33N3O4. The van der Waals surface area contributed by atoms with Gasteiger partial charge in [0, 0.05) is 43.4 Å². The van der Waals surface area contributed by atoms with Crippen LogP contribution in [0, 0.1) is 5.92 Å². The standard InChI is InChI=1S/C27H33N3O4/c1-4-18(2)14-25(31)30(3)24(15-19-10-6-5-7-11-19)26(32)29-23(27(33)34)16-20-17-28-22-13-9-8-12-21(20)22/h5-13,17-18,23-24,28H,4,14-16H2,1-3H3,(H,29,32)(H,33,34)/t18?,23-,24-/m0/s1. The molecule has 0 aliphatic rings. The minimum Gasteiger partial charge on any atom is -0.480 e. The van der Waals surface area contributed by atoms with Crippen LogP contribution in [0.25, 0.3) is 10.9 Å². The van der Waals surface area contributed by atoms with Crippen molar-refractivity contribution in [2.24, 2.45) is 5.92 Å². The summed E-state index contributed by atoms with van der Waals surface area (Å²) in [7, 11) is 1.62. The van der Waals surface area contributed by atoms with E-state index >= 15 is 0 Å². The van der Waals surface area contributed by atoms with E-state index in [1.54, 1.807) is 13.2 Å². The minimum absolute atomic E-state index is 0.131. The maximum Gasteiger partial charge on any atom is 0.326 e. The highest BCUT2D eigenvalue weighted by atomic mass is 16.4. The number of para-hydroxylation sites is 1. The largest absolute Gasteiger partial charge is 0.480 e. The number of hydrogen-bond acceptors (Lipinski definition) is 3. The molecule has 0 fully saturated rings. The van der Waals surface area contributed by atoms with Crippen LogP contribution in [0.4, 0.5) is 0 Å². The third kappa shape index (κ3) is 6.25. The van der Waals surface area contributed by atoms with E-state index in [-0.39, 0.29) is 18.2 Å². The van der Waals surface area contributed by atoms with Gasteiger partial charge in [0.25, 0.3) is 0 Å². The van der Waals surface area contributed by atoms with E-state index < -0.39 is 24.0 Å². The fourth-order valence-corrected chi connectivity index (χ4v) is 3.99. The molecule has 0 saturated heterocycles. The molecule has 1 unspecified atom stereocenters. The second-order valence-corrected chi connectivity index (χ2v) is 8.89. The molecule has 0 radical (unpaired) electrons. The monoisotopic (exact) mass is 463 g/mol. The number of aromatic amines is 1. The lowest BCUT2D eigenvalue weighted by molar-refractivity contribution is -0.144. The van der Waals surface area contributed by atoms with E-state index in [2.05, 4.69) is 10.3 Å². The molecule has 2 amide bonds. The van der Waals surface area contributed by atoms with Gasteiger partial charge in [-0.3, -0.25) is 9.59 Å². The van der Waals surface area contributed by atoms with Gasteiger partial charge in [-0.2, -0.15) is 0 Å². The fourth-order valence-electron chi connectivity index (χ4n) is 3.99. The van der Waals surface area contributed by atoms with E-state index in [0.717, 1.165) is 28.5 Å². The van der Waals surface area contributed by atoms with Gasteiger partial charge < -0.3 is 20.3 Å². The summed E-state index contributed by atoms with van der Waals surface area (Å²) >= 11 is 0. The number of H-pyrrole nitrogens is 1. The Balaban J connectivity index is 1.81. The molecule has 0 aliphatic heterocycles. The number of carbonyl (C=O) groups excluding carboxylic acids is 2. The summed E-state index contributed by atoms with van der Waals surface area (Å²) in [4.78, 5) is 42.9. The number of rotatable bonds is 11. The van der Waals surface area contributed by atoms with Crippen LogP contribution in [0.2, 0.25) is 0 Å². The van der Waals surface area contributed by atoms with Crippen LogP contribution in [-0.2, 0) is 27.2 Å². The summed E-state index contributed by atoms with van der Waals surface area (Å²) in [6.45, 7) is 4.02. The lowest BCUT2D eigenvalue weighted by Gasteiger charge is -2.29. The molecule has 3 atom stereocenters. The van der Waals surface area contributed by atoms with Gasteiger partial charge in [-0.25, -0.2) is 4.79 Å². The van der Waals surface area contributed by atoms with Gasteiger partial charge in [0.05, 0.1) is 0 Å². The van der Waals surface area contributed by atoms with E-state index in [9.17, 15) is 19.5 Å². The van der Waals surface area contributed by atoms with Crippen LogP contribution in [0.5, 0.6) is 0 Å². The number of fused-ring (bicyclic) bond motifs is 1. The Morgan fingerprint density at radius 3 is 2.38 bits per heavy atom. The van der Waals surface area contributed by atoms with Gasteiger partial charge in [0.15, 0.2) is 0 Å². The Labute approximate surface area is 200 Å². The number of benzene rings is 2. The summed E-state index contributed by atoms with van der Waals surface area (Å²) in [5, 5.41) is 13.5. The number of amides is 2. The smallest absolute Gasteiger partial charge is 0.326 e. The first-order valence-electron chi connectivity index (χ1n) is 11.7. The molecule has 1 heterocycles. The topological polar surface area (TPSA) is 103 Å². The second-order valence-electron chi connectivity index (χ2n) is 8.89. The van der Waals surface area contributed by atoms with Gasteiger partial charge in [0.1, 0.15) is 12.1 Å². The van der Waals surface area contributed by atoms with Crippen LogP contribution in [0.1, 0.15) is 37.8 Å². The lowest BCUT2D eigenvalue weighted by atomic mass is 10.00. The van der Waals surface area contributed by atoms with Gasteiger partial charge in [-0.15, -0.1) is 0 Å². The van der Waals surface area contributed by atoms with Crippen molar-refractivity contribution in [3.8, 4) is 0 Å². The number of likely N-dealkylation sites (N-methyl/N-ethyl adjacent to an activating group) is 1. The molecular weight excluding hydrogens is 430 g/mol. The van der Waals surface area contributed by atoms with Gasteiger partial charge in [-0.1, -0.05) is 68.8 Å². The van der Waals surface area contributed by atoms with Crippen LogP contribution < -0.4 is 5.32 Å². The van der Waals surface area contributed by atoms with Crippen LogP contribution in [0.3, 0.4) is 0 Å². The van der Waals surface area contributed by atoms with Gasteiger partial charge in [0.2, 0.25) is 11.8 Å². The predicted octanol–water partition coefficient (Wildman–Crippen LogP) is 3.79. The van der Waals surface area contributed by atoms with Crippen LogP contribution >= 0.6 is 0 Å². The third-order valence-electron chi connectivity index (χ3n) is 6.37. The number of hydrogen-bond donors (Lipinski definition) is 3. The third-order valence-corrected chi connectivity index (χ3v) is 6.37. The summed E-state index contributed by atoms with van der Waals surface area (Å²) in [5.74, 6) is -1.53. The molecule has 34 heavy (non-hydrogen) atoms. The molecule has 3 rings (SSSR count).